The first kappa shape index (κ1) is 12.0. The van der Waals surface area contributed by atoms with Crippen molar-refractivity contribution in [2.24, 2.45) is 23.7 Å². The maximum atomic E-state index is 12.0. The number of ether oxygens (including phenoxy) is 1. The maximum Gasteiger partial charge on any atom is 0.306 e. The summed E-state index contributed by atoms with van der Waals surface area (Å²) in [6, 6.07) is 0.193. The van der Waals surface area contributed by atoms with Crippen molar-refractivity contribution < 1.29 is 19.4 Å². The van der Waals surface area contributed by atoms with E-state index in [0.717, 1.165) is 25.7 Å². The third-order valence-electron chi connectivity index (χ3n) is 4.80. The molecule has 3 fully saturated rings. The topological polar surface area (TPSA) is 75.6 Å². The summed E-state index contributed by atoms with van der Waals surface area (Å²) in [6.45, 7) is 1.21. The molecule has 1 aliphatic heterocycles. The van der Waals surface area contributed by atoms with Crippen molar-refractivity contribution in [2.45, 2.75) is 31.7 Å². The number of carboxylic acid groups (broad SMARTS) is 1. The van der Waals surface area contributed by atoms with Crippen molar-refractivity contribution >= 4 is 11.9 Å². The zero-order chi connectivity index (χ0) is 12.7. The van der Waals surface area contributed by atoms with E-state index < -0.39 is 5.97 Å². The normalized spacial score (nSPS) is 42.1. The highest BCUT2D eigenvalue weighted by molar-refractivity contribution is 5.79. The van der Waals surface area contributed by atoms with Crippen LogP contribution in [0.1, 0.15) is 25.7 Å². The van der Waals surface area contributed by atoms with Gasteiger partial charge in [-0.15, -0.1) is 0 Å². The highest BCUT2D eigenvalue weighted by Gasteiger charge is 2.49. The van der Waals surface area contributed by atoms with E-state index in [2.05, 4.69) is 5.32 Å². The molecular weight excluding hydrogens is 234 g/mol. The van der Waals surface area contributed by atoms with Crippen molar-refractivity contribution in [3.05, 3.63) is 0 Å². The molecule has 5 nitrogen and oxygen atoms in total. The molecule has 2 N–H and O–H groups in total. The van der Waals surface area contributed by atoms with Crippen LogP contribution >= 0.6 is 0 Å². The first-order chi connectivity index (χ1) is 8.65. The molecule has 5 heteroatoms. The molecule has 1 amide bonds. The Balaban J connectivity index is 1.54. The predicted octanol–water partition coefficient (Wildman–Crippen LogP) is 0.638. The van der Waals surface area contributed by atoms with E-state index >= 15 is 0 Å². The molecule has 1 saturated heterocycles. The van der Waals surface area contributed by atoms with E-state index in [-0.39, 0.29) is 29.7 Å². The second-order valence-electron chi connectivity index (χ2n) is 5.85. The van der Waals surface area contributed by atoms with Gasteiger partial charge in [0.25, 0.3) is 0 Å². The third kappa shape index (κ3) is 2.00. The summed E-state index contributed by atoms with van der Waals surface area (Å²) in [5.74, 6) is -0.134. The summed E-state index contributed by atoms with van der Waals surface area (Å²) < 4.78 is 5.21. The molecule has 18 heavy (non-hydrogen) atoms. The Kier molecular flexibility index (Phi) is 3.01. The fourth-order valence-electron chi connectivity index (χ4n) is 3.80. The van der Waals surface area contributed by atoms with Crippen LogP contribution in [0.25, 0.3) is 0 Å². The van der Waals surface area contributed by atoms with Gasteiger partial charge in [-0.1, -0.05) is 0 Å². The maximum absolute atomic E-state index is 12.0. The number of fused-ring (bicyclic) bond motifs is 2. The average molecular weight is 253 g/mol. The van der Waals surface area contributed by atoms with Gasteiger partial charge in [-0.2, -0.15) is 0 Å². The van der Waals surface area contributed by atoms with Gasteiger partial charge in [0, 0.05) is 12.6 Å². The highest BCUT2D eigenvalue weighted by Crippen LogP contribution is 2.48. The fraction of sp³-hybridized carbons (Fsp3) is 0.846. The molecule has 100 valence electrons. The van der Waals surface area contributed by atoms with Crippen molar-refractivity contribution in [3.63, 3.8) is 0 Å². The largest absolute Gasteiger partial charge is 0.481 e. The molecule has 3 rings (SSSR count). The number of aliphatic carboxylic acids is 1. The Morgan fingerprint density at radius 1 is 1.17 bits per heavy atom. The molecule has 3 aliphatic rings. The molecular formula is C13H19NO4. The number of nitrogens with one attached hydrogen (secondary N) is 1. The zero-order valence-electron chi connectivity index (χ0n) is 10.3. The van der Waals surface area contributed by atoms with Gasteiger partial charge in [0.1, 0.15) is 0 Å². The Morgan fingerprint density at radius 3 is 2.56 bits per heavy atom. The lowest BCUT2D eigenvalue weighted by Crippen LogP contribution is -2.43. The van der Waals surface area contributed by atoms with Gasteiger partial charge in [0.15, 0.2) is 0 Å². The number of carboxylic acids is 1. The first-order valence-electron chi connectivity index (χ1n) is 6.76. The van der Waals surface area contributed by atoms with Crippen LogP contribution in [0, 0.1) is 23.7 Å². The summed E-state index contributed by atoms with van der Waals surface area (Å²) in [6.07, 6.45) is 3.33. The van der Waals surface area contributed by atoms with Crippen molar-refractivity contribution in [1.82, 2.24) is 5.32 Å². The summed E-state index contributed by atoms with van der Waals surface area (Å²) in [5.41, 5.74) is 0. The number of rotatable bonds is 3. The van der Waals surface area contributed by atoms with Crippen LogP contribution in [0.15, 0.2) is 0 Å². The number of carbonyl (C=O) groups is 2. The summed E-state index contributed by atoms with van der Waals surface area (Å²) in [7, 11) is 0. The standard InChI is InChI=1S/C13H19NO4/c15-12(7-1-2-18-6-7)14-11-5-8-3-9(11)4-10(8)13(16)17/h7-11H,1-6H2,(H,14,15)(H,16,17)/t7-,8-,9-,10-,11-/m1/s1. The zero-order valence-corrected chi connectivity index (χ0v) is 10.3. The monoisotopic (exact) mass is 253 g/mol. The lowest BCUT2D eigenvalue weighted by Gasteiger charge is -2.27. The van der Waals surface area contributed by atoms with Crippen molar-refractivity contribution in [1.29, 1.82) is 0 Å². The number of hydrogen-bond acceptors (Lipinski definition) is 3. The number of amides is 1. The molecule has 0 radical (unpaired) electrons. The summed E-state index contributed by atoms with van der Waals surface area (Å²) in [4.78, 5) is 23.0. The minimum Gasteiger partial charge on any atom is -0.481 e. The van der Waals surface area contributed by atoms with E-state index in [1.807, 2.05) is 0 Å². The third-order valence-corrected chi connectivity index (χ3v) is 4.80. The first-order valence-corrected chi connectivity index (χ1v) is 6.76. The molecule has 2 saturated carbocycles. The van der Waals surface area contributed by atoms with Crippen molar-refractivity contribution in [3.8, 4) is 0 Å². The molecule has 1 heterocycles. The van der Waals surface area contributed by atoms with Crippen molar-refractivity contribution in [2.75, 3.05) is 13.2 Å². The lowest BCUT2D eigenvalue weighted by atomic mass is 9.86. The number of carbonyl (C=O) groups excluding carboxylic acids is 1. The second-order valence-corrected chi connectivity index (χ2v) is 5.85. The van der Waals surface area contributed by atoms with Crippen LogP contribution < -0.4 is 5.32 Å². The molecule has 2 bridgehead atoms. The van der Waals surface area contributed by atoms with Gasteiger partial charge in [0.2, 0.25) is 5.91 Å². The Labute approximate surface area is 106 Å². The smallest absolute Gasteiger partial charge is 0.306 e. The Morgan fingerprint density at radius 2 is 2.00 bits per heavy atom. The van der Waals surface area contributed by atoms with Crippen LogP contribution in [0.3, 0.4) is 0 Å². The molecule has 0 unspecified atom stereocenters. The van der Waals surface area contributed by atoms with Crippen LogP contribution in [0.2, 0.25) is 0 Å². The van der Waals surface area contributed by atoms with Gasteiger partial charge in [0.05, 0.1) is 18.4 Å². The van der Waals surface area contributed by atoms with E-state index in [9.17, 15) is 9.59 Å². The Bertz CT molecular complexity index is 364. The fourth-order valence-corrected chi connectivity index (χ4v) is 3.80. The van der Waals surface area contributed by atoms with Crippen LogP contribution in [-0.2, 0) is 14.3 Å². The molecule has 2 aliphatic carbocycles. The van der Waals surface area contributed by atoms with E-state index in [4.69, 9.17) is 9.84 Å². The lowest BCUT2D eigenvalue weighted by molar-refractivity contribution is -0.143. The molecule has 0 aromatic carbocycles. The van der Waals surface area contributed by atoms with Gasteiger partial charge in [-0.05, 0) is 37.5 Å². The van der Waals surface area contributed by atoms with Crippen LogP contribution in [-0.4, -0.2) is 36.2 Å². The molecule has 0 aromatic heterocycles. The van der Waals surface area contributed by atoms with E-state index in [1.54, 1.807) is 0 Å². The quantitative estimate of drug-likeness (QED) is 0.774. The van der Waals surface area contributed by atoms with E-state index in [0.29, 0.717) is 19.1 Å². The van der Waals surface area contributed by atoms with Gasteiger partial charge >= 0.3 is 5.97 Å². The predicted molar refractivity (Wildman–Crippen MR) is 62.8 cm³/mol. The Hall–Kier alpha value is -1.10. The van der Waals surface area contributed by atoms with Crippen LogP contribution in [0.5, 0.6) is 0 Å². The molecule has 5 atom stereocenters. The number of hydrogen-bond donors (Lipinski definition) is 2. The summed E-state index contributed by atoms with van der Waals surface area (Å²) >= 11 is 0. The molecule has 0 spiro atoms. The highest BCUT2D eigenvalue weighted by atomic mass is 16.5. The minimum absolute atomic E-state index is 0.000558. The van der Waals surface area contributed by atoms with Gasteiger partial charge in [-0.25, -0.2) is 0 Å². The molecule has 0 aromatic rings. The summed E-state index contributed by atoms with van der Waals surface area (Å²) in [5, 5.41) is 12.2. The average Bonchev–Trinajstić information content (AvgIpc) is 3.04. The van der Waals surface area contributed by atoms with Gasteiger partial charge in [-0.3, -0.25) is 9.59 Å². The van der Waals surface area contributed by atoms with Gasteiger partial charge < -0.3 is 15.2 Å². The minimum atomic E-state index is -0.670. The second kappa shape index (κ2) is 4.53. The van der Waals surface area contributed by atoms with Crippen LogP contribution in [0.4, 0.5) is 0 Å². The van der Waals surface area contributed by atoms with E-state index in [1.165, 1.54) is 0 Å². The SMILES string of the molecule is O=C(N[C@@H]1C[C@H]2C[C@@H]1C[C@H]2C(=O)O)[C@@H]1CCOC1.